The van der Waals surface area contributed by atoms with Gasteiger partial charge in [-0.1, -0.05) is 58.4 Å². The molecule has 0 bridgehead atoms. The van der Waals surface area contributed by atoms with Gasteiger partial charge in [-0.3, -0.25) is 10.4 Å². The van der Waals surface area contributed by atoms with E-state index < -0.39 is 6.09 Å². The summed E-state index contributed by atoms with van der Waals surface area (Å²) in [6.45, 7) is 0.190. The molecular formula is C16H13BrN4O2. The summed E-state index contributed by atoms with van der Waals surface area (Å²) in [6, 6.07) is 17.0. The summed E-state index contributed by atoms with van der Waals surface area (Å²) in [6.07, 6.45) is -0.603. The Hall–Kier alpha value is -2.67. The summed E-state index contributed by atoms with van der Waals surface area (Å²) in [5, 5.41) is 9.22. The van der Waals surface area contributed by atoms with E-state index in [0.717, 1.165) is 15.6 Å². The number of halogens is 1. The molecule has 0 saturated heterocycles. The molecule has 2 aromatic carbocycles. The molecule has 1 aromatic heterocycles. The number of hydrogen-bond acceptors (Lipinski definition) is 4. The lowest BCUT2D eigenvalue weighted by molar-refractivity contribution is 0.155. The number of hydrogen-bond donors (Lipinski definition) is 2. The first-order chi connectivity index (χ1) is 11.2. The molecule has 0 aliphatic carbocycles. The zero-order valence-corrected chi connectivity index (χ0v) is 13.6. The standard InChI is InChI=1S/C16H13BrN4O2/c17-13-8-4-7-12(9-13)14-18-15(21-20-14)19-16(22)23-10-11-5-2-1-3-6-11/h1-9H,10H2,(H2,18,19,20,21,22). The van der Waals surface area contributed by atoms with Crippen molar-refractivity contribution in [1.29, 1.82) is 0 Å². The van der Waals surface area contributed by atoms with E-state index in [2.05, 4.69) is 36.4 Å². The van der Waals surface area contributed by atoms with Gasteiger partial charge in [-0.15, -0.1) is 5.10 Å². The van der Waals surface area contributed by atoms with Crippen LogP contribution >= 0.6 is 15.9 Å². The second kappa shape index (κ2) is 7.06. The maximum Gasteiger partial charge on any atom is 0.414 e. The third-order valence-corrected chi connectivity index (χ3v) is 3.50. The molecule has 7 heteroatoms. The van der Waals surface area contributed by atoms with Crippen molar-refractivity contribution in [2.75, 3.05) is 5.32 Å². The van der Waals surface area contributed by atoms with E-state index >= 15 is 0 Å². The van der Waals surface area contributed by atoms with Crippen LogP contribution in [0.1, 0.15) is 5.56 Å². The summed E-state index contributed by atoms with van der Waals surface area (Å²) in [7, 11) is 0. The minimum atomic E-state index is -0.603. The van der Waals surface area contributed by atoms with Crippen LogP contribution in [0.25, 0.3) is 11.4 Å². The molecule has 1 heterocycles. The first-order valence-electron chi connectivity index (χ1n) is 6.87. The van der Waals surface area contributed by atoms with Gasteiger partial charge < -0.3 is 4.74 Å². The summed E-state index contributed by atoms with van der Waals surface area (Å²) in [5.74, 6) is 0.725. The highest BCUT2D eigenvalue weighted by atomic mass is 79.9. The molecule has 23 heavy (non-hydrogen) atoms. The highest BCUT2D eigenvalue weighted by Crippen LogP contribution is 2.20. The van der Waals surface area contributed by atoms with E-state index in [1.165, 1.54) is 0 Å². The summed E-state index contributed by atoms with van der Waals surface area (Å²) in [4.78, 5) is 16.0. The predicted octanol–water partition coefficient (Wildman–Crippen LogP) is 3.98. The number of anilines is 1. The van der Waals surface area contributed by atoms with Gasteiger partial charge in [0.15, 0.2) is 5.82 Å². The van der Waals surface area contributed by atoms with Crippen molar-refractivity contribution < 1.29 is 9.53 Å². The van der Waals surface area contributed by atoms with Gasteiger partial charge in [-0.2, -0.15) is 4.98 Å². The molecule has 3 aromatic rings. The second-order valence-corrected chi connectivity index (χ2v) is 5.62. The van der Waals surface area contributed by atoms with Crippen LogP contribution in [0, 0.1) is 0 Å². The van der Waals surface area contributed by atoms with Crippen molar-refractivity contribution >= 4 is 28.0 Å². The molecule has 116 valence electrons. The van der Waals surface area contributed by atoms with E-state index in [9.17, 15) is 4.79 Å². The molecular weight excluding hydrogens is 360 g/mol. The Kier molecular flexibility index (Phi) is 4.68. The van der Waals surface area contributed by atoms with Crippen LogP contribution in [0.5, 0.6) is 0 Å². The molecule has 0 radical (unpaired) electrons. The fraction of sp³-hybridized carbons (Fsp3) is 0.0625. The normalized spacial score (nSPS) is 10.3. The molecule has 0 unspecified atom stereocenters. The number of carbonyl (C=O) groups is 1. The third-order valence-electron chi connectivity index (χ3n) is 3.01. The number of aromatic nitrogens is 3. The lowest BCUT2D eigenvalue weighted by atomic mass is 10.2. The van der Waals surface area contributed by atoms with Crippen molar-refractivity contribution in [2.45, 2.75) is 6.61 Å². The first-order valence-corrected chi connectivity index (χ1v) is 7.66. The van der Waals surface area contributed by atoms with E-state index in [1.807, 2.05) is 54.6 Å². The lowest BCUT2D eigenvalue weighted by Gasteiger charge is -2.04. The van der Waals surface area contributed by atoms with Gasteiger partial charge in [0.05, 0.1) is 0 Å². The largest absolute Gasteiger partial charge is 0.444 e. The van der Waals surface area contributed by atoms with Gasteiger partial charge in [0.25, 0.3) is 5.95 Å². The van der Waals surface area contributed by atoms with Crippen molar-refractivity contribution in [3.05, 3.63) is 64.6 Å². The number of benzene rings is 2. The van der Waals surface area contributed by atoms with Gasteiger partial charge in [-0.05, 0) is 17.7 Å². The minimum absolute atomic E-state index is 0.165. The average Bonchev–Trinajstić information content (AvgIpc) is 3.02. The Bertz CT molecular complexity index is 805. The molecule has 0 aliphatic heterocycles. The number of nitrogens with zero attached hydrogens (tertiary/aromatic N) is 2. The van der Waals surface area contributed by atoms with Crippen molar-refractivity contribution in [3.63, 3.8) is 0 Å². The Morgan fingerprint density at radius 1 is 1.17 bits per heavy atom. The van der Waals surface area contributed by atoms with Crippen molar-refractivity contribution in [2.24, 2.45) is 0 Å². The van der Waals surface area contributed by atoms with Crippen LogP contribution < -0.4 is 5.32 Å². The highest BCUT2D eigenvalue weighted by molar-refractivity contribution is 9.10. The molecule has 6 nitrogen and oxygen atoms in total. The average molecular weight is 373 g/mol. The Morgan fingerprint density at radius 2 is 2.00 bits per heavy atom. The van der Waals surface area contributed by atoms with E-state index in [-0.39, 0.29) is 12.6 Å². The first kappa shape index (κ1) is 15.2. The van der Waals surface area contributed by atoms with Gasteiger partial charge >= 0.3 is 6.09 Å². The molecule has 0 atom stereocenters. The topological polar surface area (TPSA) is 79.9 Å². The molecule has 3 rings (SSSR count). The summed E-state index contributed by atoms with van der Waals surface area (Å²) >= 11 is 3.40. The fourth-order valence-corrected chi connectivity index (χ4v) is 2.33. The smallest absolute Gasteiger partial charge is 0.414 e. The predicted molar refractivity (Wildman–Crippen MR) is 89.8 cm³/mol. The highest BCUT2D eigenvalue weighted by Gasteiger charge is 2.10. The molecule has 0 spiro atoms. The third kappa shape index (κ3) is 4.17. The zero-order chi connectivity index (χ0) is 16.1. The molecule has 1 amide bonds. The monoisotopic (exact) mass is 372 g/mol. The van der Waals surface area contributed by atoms with E-state index in [4.69, 9.17) is 4.74 Å². The number of nitrogens with one attached hydrogen (secondary N) is 2. The van der Waals surface area contributed by atoms with Gasteiger partial charge in [0.1, 0.15) is 6.61 Å². The Balaban J connectivity index is 1.59. The maximum absolute atomic E-state index is 11.8. The number of ether oxygens (including phenoxy) is 1. The lowest BCUT2D eigenvalue weighted by Crippen LogP contribution is -2.14. The number of carbonyl (C=O) groups excluding carboxylic acids is 1. The summed E-state index contributed by atoms with van der Waals surface area (Å²) in [5.41, 5.74) is 1.77. The van der Waals surface area contributed by atoms with E-state index in [1.54, 1.807) is 0 Å². The fourth-order valence-electron chi connectivity index (χ4n) is 1.93. The van der Waals surface area contributed by atoms with Crippen LogP contribution in [0.2, 0.25) is 0 Å². The zero-order valence-electron chi connectivity index (χ0n) is 12.0. The van der Waals surface area contributed by atoms with Crippen LogP contribution in [0.4, 0.5) is 10.7 Å². The van der Waals surface area contributed by atoms with Crippen LogP contribution in [0.15, 0.2) is 59.1 Å². The Morgan fingerprint density at radius 3 is 2.78 bits per heavy atom. The number of H-pyrrole nitrogens is 1. The molecule has 0 saturated carbocycles. The van der Waals surface area contributed by atoms with Crippen molar-refractivity contribution in [3.8, 4) is 11.4 Å². The van der Waals surface area contributed by atoms with Crippen LogP contribution in [-0.2, 0) is 11.3 Å². The van der Waals surface area contributed by atoms with Gasteiger partial charge in [0.2, 0.25) is 0 Å². The quantitative estimate of drug-likeness (QED) is 0.725. The van der Waals surface area contributed by atoms with Gasteiger partial charge in [-0.25, -0.2) is 4.79 Å². The van der Waals surface area contributed by atoms with Gasteiger partial charge in [0, 0.05) is 10.0 Å². The molecule has 0 fully saturated rings. The second-order valence-electron chi connectivity index (χ2n) is 4.70. The van der Waals surface area contributed by atoms with Crippen molar-refractivity contribution in [1.82, 2.24) is 15.2 Å². The summed E-state index contributed by atoms with van der Waals surface area (Å²) < 4.78 is 6.05. The minimum Gasteiger partial charge on any atom is -0.444 e. The molecule has 2 N–H and O–H groups in total. The number of aromatic amines is 1. The maximum atomic E-state index is 11.8. The number of amides is 1. The number of rotatable bonds is 4. The molecule has 0 aliphatic rings. The van der Waals surface area contributed by atoms with Crippen LogP contribution in [0.3, 0.4) is 0 Å². The Labute approximate surface area is 141 Å². The van der Waals surface area contributed by atoms with E-state index in [0.29, 0.717) is 5.82 Å². The van der Waals surface area contributed by atoms with Crippen LogP contribution in [-0.4, -0.2) is 21.3 Å². The SMILES string of the molecule is O=C(Nc1n[nH]c(-c2cccc(Br)c2)n1)OCc1ccccc1.